The predicted molar refractivity (Wildman–Crippen MR) is 199 cm³/mol. The number of aromatic nitrogens is 8. The molecule has 59 heavy (non-hydrogen) atoms. The molecule has 0 radical (unpaired) electrons. The van der Waals surface area contributed by atoms with Crippen molar-refractivity contribution in [3.63, 3.8) is 0 Å². The van der Waals surface area contributed by atoms with Crippen LogP contribution in [0.3, 0.4) is 0 Å². The van der Waals surface area contributed by atoms with E-state index < -0.39 is 63.2 Å². The molecular formula is C38H29Cl2F7N10O2. The van der Waals surface area contributed by atoms with E-state index in [2.05, 4.69) is 30.5 Å². The van der Waals surface area contributed by atoms with Crippen LogP contribution in [0.5, 0.6) is 0 Å². The first-order valence-electron chi connectivity index (χ1n) is 17.6. The molecule has 0 fully saturated rings. The Kier molecular flexibility index (Phi) is 10.9. The van der Waals surface area contributed by atoms with Crippen LogP contribution in [0.1, 0.15) is 87.5 Å². The minimum atomic E-state index is -4.68. The first kappa shape index (κ1) is 41.1. The van der Waals surface area contributed by atoms with Crippen LogP contribution < -0.4 is 0 Å². The molecule has 21 heteroatoms. The third-order valence-electron chi connectivity index (χ3n) is 9.82. The van der Waals surface area contributed by atoms with Crippen molar-refractivity contribution in [2.24, 2.45) is 0 Å². The van der Waals surface area contributed by atoms with E-state index in [9.17, 15) is 40.3 Å². The molecule has 2 aliphatic rings. The molecule has 4 aromatic heterocycles. The van der Waals surface area contributed by atoms with Gasteiger partial charge in [0.2, 0.25) is 0 Å². The van der Waals surface area contributed by atoms with Crippen molar-refractivity contribution >= 4 is 41.1 Å². The number of aromatic amines is 1. The number of nitrogens with one attached hydrogen (secondary N) is 1. The van der Waals surface area contributed by atoms with Crippen molar-refractivity contribution in [2.75, 3.05) is 0 Å². The third-order valence-corrected chi connectivity index (χ3v) is 10.6. The number of rotatable bonds is 4. The van der Waals surface area contributed by atoms with Gasteiger partial charge < -0.3 is 9.80 Å². The summed E-state index contributed by atoms with van der Waals surface area (Å²) in [6, 6.07) is 9.65. The van der Waals surface area contributed by atoms with Crippen LogP contribution >= 0.6 is 23.2 Å². The lowest BCUT2D eigenvalue weighted by atomic mass is 9.96. The predicted octanol–water partition coefficient (Wildman–Crippen LogP) is 9.08. The molecule has 2 aliphatic heterocycles. The maximum atomic E-state index is 13.2. The highest BCUT2D eigenvalue weighted by Gasteiger charge is 2.41. The second-order valence-electron chi connectivity index (χ2n) is 13.5. The molecule has 3 atom stereocenters. The normalized spacial score (nSPS) is 17.6. The molecule has 0 saturated carbocycles. The third kappa shape index (κ3) is 7.67. The lowest BCUT2D eigenvalue weighted by Crippen LogP contribution is -2.45. The molecule has 0 bridgehead atoms. The number of halogens is 9. The van der Waals surface area contributed by atoms with Crippen molar-refractivity contribution in [3.8, 4) is 11.6 Å². The Bertz CT molecular complexity index is 2570. The Balaban J connectivity index is 0.000000179. The summed E-state index contributed by atoms with van der Waals surface area (Å²) in [6.07, 6.45) is -1.71. The number of fused-ring (bicyclic) bond motifs is 2. The van der Waals surface area contributed by atoms with E-state index in [1.807, 2.05) is 6.92 Å². The van der Waals surface area contributed by atoms with Crippen molar-refractivity contribution in [1.82, 2.24) is 49.5 Å². The number of pyridine rings is 1. The van der Waals surface area contributed by atoms with Gasteiger partial charge in [-0.3, -0.25) is 19.3 Å². The fourth-order valence-electron chi connectivity index (χ4n) is 6.97. The molecule has 0 aliphatic carbocycles. The lowest BCUT2D eigenvalue weighted by Gasteiger charge is -2.38. The summed E-state index contributed by atoms with van der Waals surface area (Å²) in [5.74, 6) is -0.675. The number of nitrogens with zero attached hydrogens (tertiary/aromatic N) is 9. The molecule has 1 N–H and O–H groups in total. The number of benzene rings is 2. The highest BCUT2D eigenvalue weighted by molar-refractivity contribution is 6.35. The SMILES string of the molecule is CC1c2ncn(-c3ccc(F)cn3)c2C=CN1C(=O)c1cccc(C(F)(F)F)c1Cl.C[C@@H]1Cc2c(nnn2-c2ccn[nH]2)[C@@H](C)N1C(=O)c1cccc(C(F)(F)F)c1Cl. The maximum absolute atomic E-state index is 13.2. The first-order valence-corrected chi connectivity index (χ1v) is 18.3. The largest absolute Gasteiger partial charge is 0.417 e. The number of imidazole rings is 1. The van der Waals surface area contributed by atoms with Crippen molar-refractivity contribution < 1.29 is 40.3 Å². The average Bonchev–Trinajstić information content (AvgIpc) is 3.96. The molecule has 1 unspecified atom stereocenters. The summed E-state index contributed by atoms with van der Waals surface area (Å²) in [5.41, 5.74) is -0.0247. The summed E-state index contributed by atoms with van der Waals surface area (Å²) in [7, 11) is 0. The van der Waals surface area contributed by atoms with Crippen LogP contribution in [-0.2, 0) is 18.8 Å². The Labute approximate surface area is 339 Å². The topological polar surface area (TPSA) is 131 Å². The van der Waals surface area contributed by atoms with Gasteiger partial charge in [-0.15, -0.1) is 5.10 Å². The molecule has 2 aromatic carbocycles. The molecule has 6 heterocycles. The van der Waals surface area contributed by atoms with Crippen LogP contribution in [0, 0.1) is 5.82 Å². The van der Waals surface area contributed by atoms with Crippen LogP contribution in [-0.4, -0.2) is 67.4 Å². The summed E-state index contributed by atoms with van der Waals surface area (Å²) < 4.78 is 95.3. The summed E-state index contributed by atoms with van der Waals surface area (Å²) in [4.78, 5) is 37.2. The van der Waals surface area contributed by atoms with Crippen molar-refractivity contribution in [2.45, 2.75) is 57.7 Å². The quantitative estimate of drug-likeness (QED) is 0.175. The molecule has 2 amide bonds. The van der Waals surface area contributed by atoms with Crippen LogP contribution in [0.25, 0.3) is 17.7 Å². The molecule has 306 valence electrons. The summed E-state index contributed by atoms with van der Waals surface area (Å²) >= 11 is 11.9. The van der Waals surface area contributed by atoms with Gasteiger partial charge in [-0.05, 0) is 63.2 Å². The average molecular weight is 862 g/mol. The van der Waals surface area contributed by atoms with Gasteiger partial charge in [0.25, 0.3) is 11.8 Å². The minimum absolute atomic E-state index is 0.190. The molecular weight excluding hydrogens is 832 g/mol. The fourth-order valence-corrected chi connectivity index (χ4v) is 7.60. The van der Waals surface area contributed by atoms with Crippen LogP contribution in [0.4, 0.5) is 30.7 Å². The zero-order chi connectivity index (χ0) is 42.6. The second kappa shape index (κ2) is 15.6. The number of hydrogen-bond acceptors (Lipinski definition) is 7. The second-order valence-corrected chi connectivity index (χ2v) is 14.2. The molecule has 0 saturated heterocycles. The van der Waals surface area contributed by atoms with Crippen molar-refractivity contribution in [1.29, 1.82) is 0 Å². The lowest BCUT2D eigenvalue weighted by molar-refractivity contribution is -0.138. The van der Waals surface area contributed by atoms with Gasteiger partial charge in [-0.25, -0.2) is 14.4 Å². The maximum Gasteiger partial charge on any atom is 0.417 e. The number of amides is 2. The Morgan fingerprint density at radius 2 is 1.46 bits per heavy atom. The monoisotopic (exact) mass is 860 g/mol. The molecule has 0 spiro atoms. The Hall–Kier alpha value is -6.08. The van der Waals surface area contributed by atoms with E-state index in [1.54, 1.807) is 41.4 Å². The molecule has 8 rings (SSSR count). The molecule has 6 aromatic rings. The van der Waals surface area contributed by atoms with E-state index >= 15 is 0 Å². The summed E-state index contributed by atoms with van der Waals surface area (Å²) in [5, 5.41) is 13.8. The van der Waals surface area contributed by atoms with Gasteiger partial charge in [0, 0.05) is 24.7 Å². The minimum Gasteiger partial charge on any atom is -0.327 e. The van der Waals surface area contributed by atoms with E-state index in [1.165, 1.54) is 52.7 Å². The molecule has 12 nitrogen and oxygen atoms in total. The number of hydrogen-bond donors (Lipinski definition) is 1. The van der Waals surface area contributed by atoms with Crippen LogP contribution in [0.15, 0.2) is 79.5 Å². The number of alkyl halides is 6. The Morgan fingerprint density at radius 1 is 0.814 bits per heavy atom. The zero-order valence-electron chi connectivity index (χ0n) is 30.8. The number of carbonyl (C=O) groups is 2. The van der Waals surface area contributed by atoms with Crippen LogP contribution in [0.2, 0.25) is 10.0 Å². The van der Waals surface area contributed by atoms with E-state index in [0.717, 1.165) is 30.1 Å². The van der Waals surface area contributed by atoms with E-state index in [-0.39, 0.29) is 17.2 Å². The van der Waals surface area contributed by atoms with Gasteiger partial charge in [0.1, 0.15) is 23.7 Å². The zero-order valence-corrected chi connectivity index (χ0v) is 32.3. The van der Waals surface area contributed by atoms with Gasteiger partial charge >= 0.3 is 12.4 Å². The highest BCUT2D eigenvalue weighted by atomic mass is 35.5. The van der Waals surface area contributed by atoms with E-state index in [0.29, 0.717) is 35.1 Å². The number of carbonyl (C=O) groups excluding carboxylic acids is 2. The summed E-state index contributed by atoms with van der Waals surface area (Å²) in [6.45, 7) is 5.28. The highest BCUT2D eigenvalue weighted by Crippen LogP contribution is 2.40. The standard InChI is InChI=1S/C20H13ClF4N4O.C18H16ClF3N6O/c1-11-18-15(29(10-27-18)16-6-5-12(22)9-26-16)7-8-28(11)19(30)13-3-2-4-14(17(13)21)20(23,24)25;1-9-8-13-16(25-26-28(13)14-6-7-23-24-14)10(2)27(9)17(29)11-4-3-5-12(15(11)19)18(20,21)22/h2-11H,1H3;3-7,9-10H,8H2,1-2H3,(H,23,24)/t;9-,10-/m.1/s1. The smallest absolute Gasteiger partial charge is 0.327 e. The van der Waals surface area contributed by atoms with Gasteiger partial charge in [0.05, 0.1) is 73.9 Å². The number of H-pyrrole nitrogens is 1. The van der Waals surface area contributed by atoms with Gasteiger partial charge in [-0.2, -0.15) is 36.1 Å². The van der Waals surface area contributed by atoms with Crippen molar-refractivity contribution in [3.05, 3.63) is 140 Å². The fraction of sp³-hybridized carbons (Fsp3) is 0.237. The van der Waals surface area contributed by atoms with Gasteiger partial charge in [0.15, 0.2) is 5.82 Å². The Morgan fingerprint density at radius 3 is 2.03 bits per heavy atom. The van der Waals surface area contributed by atoms with E-state index in [4.69, 9.17) is 23.2 Å². The van der Waals surface area contributed by atoms with Gasteiger partial charge in [-0.1, -0.05) is 40.5 Å². The first-order chi connectivity index (χ1) is 27.9.